The molecule has 0 radical (unpaired) electrons. The monoisotopic (exact) mass is 1510 g/mol. The van der Waals surface area contributed by atoms with Crippen LogP contribution in [0.2, 0.25) is 0 Å². The summed E-state index contributed by atoms with van der Waals surface area (Å²) in [5.74, 6) is -12.4. The third-order valence-electron chi connectivity index (χ3n) is 19.6. The van der Waals surface area contributed by atoms with Crippen molar-refractivity contribution >= 4 is 106 Å². The molecule has 0 aromatic heterocycles. The Kier molecular flexibility index (Phi) is 29.5. The molecule has 6 aliphatic rings. The van der Waals surface area contributed by atoms with E-state index in [2.05, 4.69) is 37.4 Å². The Morgan fingerprint density at radius 1 is 0.607 bits per heavy atom. The number of nitrogens with zero attached hydrogens (tertiary/aromatic N) is 7. The molecule has 107 heavy (non-hydrogen) atoms. The van der Waals surface area contributed by atoms with Crippen LogP contribution in [0.3, 0.4) is 0 Å². The Hall–Kier alpha value is -9.82. The number of nitrogen functional groups attached to an aromatic ring is 1. The molecule has 4 saturated heterocycles. The molecule has 0 saturated carbocycles. The van der Waals surface area contributed by atoms with Gasteiger partial charge in [0.15, 0.2) is 11.3 Å². The molecule has 1 aliphatic carbocycles. The summed E-state index contributed by atoms with van der Waals surface area (Å²) >= 11 is 0. The third kappa shape index (κ3) is 19.5. The highest BCUT2D eigenvalue weighted by molar-refractivity contribution is 6.10. The second kappa shape index (κ2) is 36.7. The molecular formula is C74H106ClN15O17. The summed E-state index contributed by atoms with van der Waals surface area (Å²) < 4.78 is 18.3. The van der Waals surface area contributed by atoms with E-state index in [0.717, 1.165) is 21.9 Å². The lowest BCUT2D eigenvalue weighted by Crippen LogP contribution is -2.61. The van der Waals surface area contributed by atoms with E-state index in [0.29, 0.717) is 24.0 Å². The van der Waals surface area contributed by atoms with Gasteiger partial charge >= 0.3 is 11.9 Å². The first-order chi connectivity index (χ1) is 49.7. The third-order valence-corrected chi connectivity index (χ3v) is 19.6. The van der Waals surface area contributed by atoms with Gasteiger partial charge in [-0.15, -0.1) is 12.4 Å². The molecule has 32 nitrogen and oxygen atoms in total. The molecule has 5 aliphatic heterocycles. The Morgan fingerprint density at radius 2 is 1.06 bits per heavy atom. The number of rotatable bonds is 13. The van der Waals surface area contributed by atoms with Gasteiger partial charge in [0.2, 0.25) is 52.7 Å². The van der Waals surface area contributed by atoms with E-state index >= 15 is 9.59 Å². The number of likely N-dealkylation sites (N-methyl/N-ethyl adjacent to an activating group) is 4. The van der Waals surface area contributed by atoms with Crippen molar-refractivity contribution in [1.29, 1.82) is 0 Å². The van der Waals surface area contributed by atoms with E-state index in [-0.39, 0.29) is 78.3 Å². The summed E-state index contributed by atoms with van der Waals surface area (Å²) in [6.45, 7) is 23.0. The molecule has 2 aromatic carbocycles. The lowest BCUT2D eigenvalue weighted by molar-refractivity contribution is -0.163. The molecule has 0 bridgehead atoms. The molecule has 10 atom stereocenters. The standard InChI is InChI=1S/C62H86N12O16.C12H19N3O.ClH/c1-27(2)42-59(84)73-23-17-19-36(73)57(82)69(13)25-38(75)71(15)48(29(5)6)61(86)88-33(11)44(55(80)65-42)67-53(78)35-22-21-31(9)51-46(35)64-47-40(41(63)50(77)32(10)52(47)90-51)54(79)68-45-34(12)89-62(87)49(30(7)8)72(16)39(76)26-70(14)58(83)37-20-18-24-74(37)60(85)43(28(3)4)66-56(45)81;1-9(2)15-12(16)11-6-4-10(5-7-11)8-14-13-3;/h21-22,27-30,33-34,36-37,42-45,48-49H,17-20,23-26,63H2,1-16H3,(H,65,80)(H,66,81)(H,67,78)(H,68,79);4-7,9,13-14H,8H2,1-3H3,(H,15,16);1H/t33-,34-,36+,37+,42-,43-,44+,45+,48+,49+;;/m1../s1. The first kappa shape index (κ1) is 86.1. The second-order valence-corrected chi connectivity index (χ2v) is 29.5. The van der Waals surface area contributed by atoms with E-state index in [1.807, 2.05) is 45.2 Å². The summed E-state index contributed by atoms with van der Waals surface area (Å²) in [6, 6.07) is -0.172. The Bertz CT molecular complexity index is 4050. The maximum Gasteiger partial charge on any atom is 0.329 e. The number of fused-ring (bicyclic) bond motifs is 4. The van der Waals surface area contributed by atoms with Crippen LogP contribution in [0, 0.1) is 37.5 Å². The minimum atomic E-state index is -1.88. The maximum atomic E-state index is 15.2. The lowest BCUT2D eigenvalue weighted by atomic mass is 9.98. The highest BCUT2D eigenvalue weighted by Gasteiger charge is 2.47. The molecule has 33 heteroatoms. The zero-order valence-corrected chi connectivity index (χ0v) is 65.4. The highest BCUT2D eigenvalue weighted by Crippen LogP contribution is 2.35. The van der Waals surface area contributed by atoms with Crippen LogP contribution < -0.4 is 48.6 Å². The number of hydrogen-bond acceptors (Lipinski definition) is 21. The molecule has 8 rings (SSSR count). The number of esters is 2. The van der Waals surface area contributed by atoms with Crippen molar-refractivity contribution in [3.8, 4) is 11.5 Å². The van der Waals surface area contributed by atoms with Crippen molar-refractivity contribution in [2.24, 2.45) is 23.7 Å². The maximum absolute atomic E-state index is 15.2. The number of aryl methyl sites for hydroxylation is 1. The Labute approximate surface area is 629 Å². The summed E-state index contributed by atoms with van der Waals surface area (Å²) in [6.07, 6.45) is -1.65. The number of hydrogen-bond donors (Lipinski definition) is 8. The Balaban J connectivity index is 0.000000932. The summed E-state index contributed by atoms with van der Waals surface area (Å²) in [7, 11) is 7.41. The van der Waals surface area contributed by atoms with Crippen LogP contribution >= 0.6 is 12.4 Å². The number of aromatic nitrogens is 1. The minimum absolute atomic E-state index is 0. The predicted molar refractivity (Wildman–Crippen MR) is 398 cm³/mol. The molecule has 11 amide bonds. The topological polar surface area (TPSA) is 413 Å². The van der Waals surface area contributed by atoms with Crippen LogP contribution in [-0.4, -0.2) is 239 Å². The number of amides is 11. The summed E-state index contributed by atoms with van der Waals surface area (Å²) in [5, 5.41) is 13.5. The van der Waals surface area contributed by atoms with Crippen LogP contribution in [0.15, 0.2) is 45.6 Å². The van der Waals surface area contributed by atoms with Gasteiger partial charge in [-0.2, -0.15) is 0 Å². The van der Waals surface area contributed by atoms with Crippen LogP contribution in [-0.2, 0) is 64.0 Å². The van der Waals surface area contributed by atoms with Gasteiger partial charge in [-0.05, 0) is 127 Å². The van der Waals surface area contributed by atoms with E-state index in [1.165, 1.54) is 80.7 Å². The van der Waals surface area contributed by atoms with Gasteiger partial charge in [0.05, 0.1) is 29.9 Å². The largest absolute Gasteiger partial charge is 0.458 e. The number of ether oxygens (including phenoxy) is 2. The van der Waals surface area contributed by atoms with Gasteiger partial charge in [0.25, 0.3) is 17.7 Å². The highest BCUT2D eigenvalue weighted by atomic mass is 35.5. The zero-order chi connectivity index (χ0) is 78.9. The SMILES string of the molecule is CNNCc1ccc(C(=O)NC(C)C)cc1.Cc1c2oc3c(C)ccc(C(=O)N[C@@H]4C(=O)N[C@H](C(C)C)C(=O)N5CCC[C@H]5C(=O)N(C)CC(=O)N(C)[C@@H](C(C)C)C(=O)O[C@@H]4C)c3nc-2c(C(=O)N[C@@H]2C(=O)N[C@H](C(C)C)C(=O)N3CCC[C@H]3C(=O)N(C)CC(=O)N(C)[C@@H](C(C)C)C(=O)O[C@@H]2C)c(N)c1=O.Cl. The van der Waals surface area contributed by atoms with Crippen LogP contribution in [0.4, 0.5) is 5.69 Å². The fourth-order valence-corrected chi connectivity index (χ4v) is 13.6. The number of hydrazine groups is 1. The minimum Gasteiger partial charge on any atom is -0.458 e. The van der Waals surface area contributed by atoms with E-state index < -0.39 is 191 Å². The van der Waals surface area contributed by atoms with Gasteiger partial charge in [0, 0.05) is 65.0 Å². The average molecular weight is 1510 g/mol. The van der Waals surface area contributed by atoms with Crippen molar-refractivity contribution in [2.45, 2.75) is 196 Å². The van der Waals surface area contributed by atoms with Crippen molar-refractivity contribution in [2.75, 3.05) is 67.2 Å². The molecule has 0 spiro atoms. The lowest BCUT2D eigenvalue weighted by Gasteiger charge is -2.36. The van der Waals surface area contributed by atoms with Gasteiger partial charge < -0.3 is 75.6 Å². The molecule has 9 N–H and O–H groups in total. The molecular weight excluding hydrogens is 1410 g/mol. The molecule has 586 valence electrons. The fraction of sp³-hybridized carbons (Fsp3) is 0.581. The van der Waals surface area contributed by atoms with Crippen molar-refractivity contribution < 1.29 is 76.2 Å². The van der Waals surface area contributed by atoms with E-state index in [1.54, 1.807) is 62.3 Å². The van der Waals surface area contributed by atoms with Gasteiger partial charge in [-0.1, -0.05) is 73.6 Å². The number of cyclic esters (lactones) is 2. The zero-order valence-electron chi connectivity index (χ0n) is 64.5. The summed E-state index contributed by atoms with van der Waals surface area (Å²) in [4.78, 5) is 211. The number of anilines is 1. The first-order valence-corrected chi connectivity index (χ1v) is 36.0. The number of carbonyl (C=O) groups excluding carboxylic acids is 13. The number of halogens is 1. The van der Waals surface area contributed by atoms with Crippen LogP contribution in [0.1, 0.15) is 157 Å². The molecule has 5 heterocycles. The predicted octanol–water partition coefficient (Wildman–Crippen LogP) is 2.20. The fourth-order valence-electron chi connectivity index (χ4n) is 13.6. The molecule has 2 aromatic rings. The first-order valence-electron chi connectivity index (χ1n) is 36.0. The van der Waals surface area contributed by atoms with Crippen LogP contribution in [0.25, 0.3) is 22.6 Å². The molecule has 0 unspecified atom stereocenters. The normalized spacial score (nSPS) is 23.6. The van der Waals surface area contributed by atoms with E-state index in [4.69, 9.17) is 24.6 Å². The number of nitrogens with one attached hydrogen (secondary N) is 7. The van der Waals surface area contributed by atoms with Crippen LogP contribution in [0.5, 0.6) is 0 Å². The smallest absolute Gasteiger partial charge is 0.329 e. The number of carbonyl (C=O) groups is 13. The van der Waals surface area contributed by atoms with E-state index in [9.17, 15) is 57.5 Å². The van der Waals surface area contributed by atoms with Crippen molar-refractivity contribution in [3.63, 3.8) is 0 Å². The quantitative estimate of drug-likeness (QED) is 0.0411. The van der Waals surface area contributed by atoms with Crippen molar-refractivity contribution in [3.05, 3.63) is 80.0 Å². The van der Waals surface area contributed by atoms with Gasteiger partial charge in [-0.25, -0.2) is 14.6 Å². The average Bonchev–Trinajstić information content (AvgIpc) is 1.26. The Morgan fingerprint density at radius 3 is 1.48 bits per heavy atom. The summed E-state index contributed by atoms with van der Waals surface area (Å²) in [5.41, 5.74) is 11.2. The van der Waals surface area contributed by atoms with Crippen molar-refractivity contribution in [1.82, 2.24) is 71.8 Å². The van der Waals surface area contributed by atoms with Gasteiger partial charge in [-0.3, -0.25) is 68.4 Å². The number of nitrogens with two attached hydrogens (primary N) is 1. The van der Waals surface area contributed by atoms with Gasteiger partial charge in [0.1, 0.15) is 71.8 Å². The molecule has 4 fully saturated rings. The number of benzene rings is 3. The second-order valence-electron chi connectivity index (χ2n) is 29.5.